The second-order valence-corrected chi connectivity index (χ2v) is 8.11. The van der Waals surface area contributed by atoms with E-state index in [-0.39, 0.29) is 0 Å². The first-order valence-electron chi connectivity index (χ1n) is 10.3. The fourth-order valence-corrected chi connectivity index (χ4v) is 4.06. The van der Waals surface area contributed by atoms with Gasteiger partial charge in [0.15, 0.2) is 0 Å². The number of fused-ring (bicyclic) bond motifs is 1. The second-order valence-electron chi connectivity index (χ2n) is 7.67. The van der Waals surface area contributed by atoms with Gasteiger partial charge in [0.2, 0.25) is 0 Å². The van der Waals surface area contributed by atoms with Gasteiger partial charge in [-0.25, -0.2) is 0 Å². The lowest BCUT2D eigenvalue weighted by atomic mass is 10.1. The summed E-state index contributed by atoms with van der Waals surface area (Å²) in [6, 6.07) is 13.1. The van der Waals surface area contributed by atoms with Crippen LogP contribution in [0.25, 0.3) is 10.9 Å². The fraction of sp³-hybridized carbons (Fsp3) is 0.348. The van der Waals surface area contributed by atoms with Crippen LogP contribution in [-0.4, -0.2) is 49.2 Å². The van der Waals surface area contributed by atoms with Gasteiger partial charge in [-0.2, -0.15) is 13.2 Å². The quantitative estimate of drug-likeness (QED) is 0.502. The minimum Gasteiger partial charge on any atom is -0.384 e. The Balaban J connectivity index is 1.22. The van der Waals surface area contributed by atoms with E-state index in [0.717, 1.165) is 80.1 Å². The monoisotopic (exact) mass is 448 g/mol. The standard InChI is InChI=1S/C23H24ClF3N4/c24-18-4-7-20-21(8-10-29-22(20)16-18)28-9-1-11-30-12-14-31(15-13-30)19-5-2-17(3-6-19)23(25,26)27/h2-8,10,16H,1,9,11-15H2,(H,28,29). The predicted molar refractivity (Wildman–Crippen MR) is 120 cm³/mol. The Morgan fingerprint density at radius 1 is 0.968 bits per heavy atom. The summed E-state index contributed by atoms with van der Waals surface area (Å²) in [5, 5.41) is 5.21. The van der Waals surface area contributed by atoms with E-state index in [1.807, 2.05) is 24.3 Å². The van der Waals surface area contributed by atoms with Gasteiger partial charge in [0.05, 0.1) is 11.1 Å². The van der Waals surface area contributed by atoms with Gasteiger partial charge in [0.1, 0.15) is 0 Å². The van der Waals surface area contributed by atoms with Gasteiger partial charge in [0, 0.05) is 60.7 Å². The molecule has 0 atom stereocenters. The van der Waals surface area contributed by atoms with Crippen LogP contribution in [0.3, 0.4) is 0 Å². The minimum atomic E-state index is -4.29. The van der Waals surface area contributed by atoms with Crippen molar-refractivity contribution in [3.05, 3.63) is 65.3 Å². The minimum absolute atomic E-state index is 0.604. The Labute approximate surface area is 184 Å². The van der Waals surface area contributed by atoms with E-state index >= 15 is 0 Å². The predicted octanol–water partition coefficient (Wildman–Crippen LogP) is 5.53. The number of nitrogens with one attached hydrogen (secondary N) is 1. The van der Waals surface area contributed by atoms with Gasteiger partial charge in [0.25, 0.3) is 0 Å². The Bertz CT molecular complexity index is 1020. The highest BCUT2D eigenvalue weighted by Gasteiger charge is 2.30. The first kappa shape index (κ1) is 21.7. The number of piperazine rings is 1. The number of pyridine rings is 1. The zero-order valence-corrected chi connectivity index (χ0v) is 17.8. The van der Waals surface area contributed by atoms with Crippen LogP contribution < -0.4 is 10.2 Å². The number of rotatable bonds is 6. The number of aromatic nitrogens is 1. The number of hydrogen-bond acceptors (Lipinski definition) is 4. The van der Waals surface area contributed by atoms with Crippen LogP contribution >= 0.6 is 11.6 Å². The van der Waals surface area contributed by atoms with Crippen molar-refractivity contribution in [1.29, 1.82) is 0 Å². The van der Waals surface area contributed by atoms with Gasteiger partial charge >= 0.3 is 6.18 Å². The third-order valence-electron chi connectivity index (χ3n) is 5.60. The van der Waals surface area contributed by atoms with Crippen LogP contribution in [0.4, 0.5) is 24.5 Å². The molecule has 1 aliphatic rings. The maximum atomic E-state index is 12.7. The summed E-state index contributed by atoms with van der Waals surface area (Å²) in [4.78, 5) is 8.90. The molecule has 0 radical (unpaired) electrons. The highest BCUT2D eigenvalue weighted by atomic mass is 35.5. The number of nitrogens with zero attached hydrogens (tertiary/aromatic N) is 3. The molecule has 4 rings (SSSR count). The summed E-state index contributed by atoms with van der Waals surface area (Å²) in [6.07, 6.45) is -1.51. The molecule has 164 valence electrons. The lowest BCUT2D eigenvalue weighted by molar-refractivity contribution is -0.137. The van der Waals surface area contributed by atoms with E-state index in [0.29, 0.717) is 5.02 Å². The molecule has 0 unspecified atom stereocenters. The summed E-state index contributed by atoms with van der Waals surface area (Å²) >= 11 is 6.04. The Hall–Kier alpha value is -2.51. The largest absolute Gasteiger partial charge is 0.416 e. The molecular weight excluding hydrogens is 425 g/mol. The zero-order valence-electron chi connectivity index (χ0n) is 17.0. The molecule has 4 nitrogen and oxygen atoms in total. The molecule has 1 saturated heterocycles. The van der Waals surface area contributed by atoms with Crippen molar-refractivity contribution >= 4 is 33.9 Å². The van der Waals surface area contributed by atoms with Gasteiger partial charge in [-0.3, -0.25) is 9.88 Å². The lowest BCUT2D eigenvalue weighted by Crippen LogP contribution is -2.46. The number of benzene rings is 2. The van der Waals surface area contributed by atoms with Crippen LogP contribution in [0.2, 0.25) is 5.02 Å². The summed E-state index contributed by atoms with van der Waals surface area (Å²) in [6.45, 7) is 5.25. The summed E-state index contributed by atoms with van der Waals surface area (Å²) in [7, 11) is 0. The van der Waals surface area contributed by atoms with Crippen LogP contribution in [0.5, 0.6) is 0 Å². The molecule has 8 heteroatoms. The smallest absolute Gasteiger partial charge is 0.384 e. The van der Waals surface area contributed by atoms with Crippen molar-refractivity contribution in [1.82, 2.24) is 9.88 Å². The molecule has 0 saturated carbocycles. The maximum Gasteiger partial charge on any atom is 0.416 e. The van der Waals surface area contributed by atoms with Crippen molar-refractivity contribution in [3.63, 3.8) is 0 Å². The molecule has 3 aromatic rings. The second kappa shape index (κ2) is 9.32. The molecule has 0 bridgehead atoms. The van der Waals surface area contributed by atoms with Crippen LogP contribution in [-0.2, 0) is 6.18 Å². The third kappa shape index (κ3) is 5.40. The van der Waals surface area contributed by atoms with Crippen molar-refractivity contribution < 1.29 is 13.2 Å². The SMILES string of the molecule is FC(F)(F)c1ccc(N2CCN(CCCNc3ccnc4cc(Cl)ccc34)CC2)cc1. The van der Waals surface area contributed by atoms with Crippen molar-refractivity contribution in [2.75, 3.05) is 49.5 Å². The summed E-state index contributed by atoms with van der Waals surface area (Å²) in [5.74, 6) is 0. The fourth-order valence-electron chi connectivity index (χ4n) is 3.89. The summed E-state index contributed by atoms with van der Waals surface area (Å²) < 4.78 is 38.2. The highest BCUT2D eigenvalue weighted by molar-refractivity contribution is 6.31. The van der Waals surface area contributed by atoms with Gasteiger partial charge < -0.3 is 10.2 Å². The highest BCUT2D eigenvalue weighted by Crippen LogP contribution is 2.30. The molecule has 1 aliphatic heterocycles. The maximum absolute atomic E-state index is 12.7. The molecule has 31 heavy (non-hydrogen) atoms. The topological polar surface area (TPSA) is 31.4 Å². The van der Waals surface area contributed by atoms with E-state index in [4.69, 9.17) is 11.6 Å². The van der Waals surface area contributed by atoms with Crippen molar-refractivity contribution in [3.8, 4) is 0 Å². The Kier molecular flexibility index (Phi) is 6.53. The van der Waals surface area contributed by atoms with Crippen molar-refractivity contribution in [2.45, 2.75) is 12.6 Å². The number of anilines is 2. The number of hydrogen-bond donors (Lipinski definition) is 1. The molecule has 2 aromatic carbocycles. The normalized spacial score (nSPS) is 15.4. The molecule has 1 N–H and O–H groups in total. The molecule has 0 aliphatic carbocycles. The third-order valence-corrected chi connectivity index (χ3v) is 5.84. The molecule has 0 spiro atoms. The van der Waals surface area contributed by atoms with Crippen LogP contribution in [0.1, 0.15) is 12.0 Å². The molecular formula is C23H24ClF3N4. The lowest BCUT2D eigenvalue weighted by Gasteiger charge is -2.36. The van der Waals surface area contributed by atoms with Crippen LogP contribution in [0.15, 0.2) is 54.7 Å². The summed E-state index contributed by atoms with van der Waals surface area (Å²) in [5.41, 5.74) is 2.16. The van der Waals surface area contributed by atoms with Gasteiger partial charge in [-0.05, 0) is 61.5 Å². The van der Waals surface area contributed by atoms with Gasteiger partial charge in [-0.15, -0.1) is 0 Å². The van der Waals surface area contributed by atoms with E-state index in [9.17, 15) is 13.2 Å². The Morgan fingerprint density at radius 2 is 1.71 bits per heavy atom. The molecule has 0 amide bonds. The number of halogens is 4. The van der Waals surface area contributed by atoms with Gasteiger partial charge in [-0.1, -0.05) is 11.6 Å². The molecule has 1 aromatic heterocycles. The first-order valence-corrected chi connectivity index (χ1v) is 10.7. The van der Waals surface area contributed by atoms with Crippen LogP contribution in [0, 0.1) is 0 Å². The van der Waals surface area contributed by atoms with E-state index < -0.39 is 11.7 Å². The zero-order chi connectivity index (χ0) is 21.8. The number of alkyl halides is 3. The average molecular weight is 449 g/mol. The molecule has 2 heterocycles. The van der Waals surface area contributed by atoms with E-state index in [2.05, 4.69) is 20.1 Å². The van der Waals surface area contributed by atoms with Crippen molar-refractivity contribution in [2.24, 2.45) is 0 Å². The average Bonchev–Trinajstić information content (AvgIpc) is 2.76. The molecule has 1 fully saturated rings. The van der Waals surface area contributed by atoms with E-state index in [1.165, 1.54) is 0 Å². The Morgan fingerprint density at radius 3 is 2.42 bits per heavy atom. The first-order chi connectivity index (χ1) is 14.9. The van der Waals surface area contributed by atoms with E-state index in [1.54, 1.807) is 18.3 Å².